The summed E-state index contributed by atoms with van der Waals surface area (Å²) >= 11 is 0. The van der Waals surface area contributed by atoms with Gasteiger partial charge in [-0.3, -0.25) is 14.4 Å². The lowest BCUT2D eigenvalue weighted by atomic mass is 9.94. The molecule has 1 rings (SSSR count). The van der Waals surface area contributed by atoms with Gasteiger partial charge in [-0.25, -0.2) is 0 Å². The van der Waals surface area contributed by atoms with E-state index in [0.29, 0.717) is 19.4 Å². The molecule has 0 aromatic carbocycles. The average Bonchev–Trinajstić information content (AvgIpc) is 2.76. The van der Waals surface area contributed by atoms with E-state index in [1.807, 2.05) is 6.92 Å². The smallest absolute Gasteiger partial charge is 0.307 e. The van der Waals surface area contributed by atoms with Crippen molar-refractivity contribution in [2.75, 3.05) is 27.2 Å². The van der Waals surface area contributed by atoms with E-state index in [2.05, 4.69) is 0 Å². The minimum atomic E-state index is -0.914. The van der Waals surface area contributed by atoms with E-state index in [-0.39, 0.29) is 24.3 Å². The van der Waals surface area contributed by atoms with Crippen LogP contribution in [0.3, 0.4) is 0 Å². The lowest BCUT2D eigenvalue weighted by Gasteiger charge is -2.26. The molecule has 114 valence electrons. The lowest BCUT2D eigenvalue weighted by molar-refractivity contribution is -0.150. The van der Waals surface area contributed by atoms with Crippen molar-refractivity contribution in [1.82, 2.24) is 9.80 Å². The molecule has 0 aliphatic heterocycles. The number of rotatable bonds is 5. The van der Waals surface area contributed by atoms with Crippen LogP contribution in [0.5, 0.6) is 0 Å². The summed E-state index contributed by atoms with van der Waals surface area (Å²) in [6.45, 7) is 4.19. The van der Waals surface area contributed by atoms with Gasteiger partial charge in [0.05, 0.1) is 18.4 Å². The average molecular weight is 284 g/mol. The molecule has 20 heavy (non-hydrogen) atoms. The number of carboxylic acids is 1. The maximum Gasteiger partial charge on any atom is 0.307 e. The Morgan fingerprint density at radius 2 is 1.70 bits per heavy atom. The normalized spacial score (nSPS) is 25.3. The summed E-state index contributed by atoms with van der Waals surface area (Å²) in [7, 11) is 3.27. The molecule has 0 saturated heterocycles. The number of hydrogen-bond donors (Lipinski definition) is 1. The summed E-state index contributed by atoms with van der Waals surface area (Å²) in [6, 6.07) is 0. The summed E-state index contributed by atoms with van der Waals surface area (Å²) < 4.78 is 0. The number of carbonyl (C=O) groups is 3. The molecule has 6 nitrogen and oxygen atoms in total. The van der Waals surface area contributed by atoms with Crippen molar-refractivity contribution in [3.63, 3.8) is 0 Å². The van der Waals surface area contributed by atoms with Crippen molar-refractivity contribution in [2.24, 2.45) is 17.8 Å². The molecule has 1 saturated carbocycles. The second kappa shape index (κ2) is 6.72. The third-order valence-corrected chi connectivity index (χ3v) is 3.95. The fraction of sp³-hybridized carbons (Fsp3) is 0.786. The van der Waals surface area contributed by atoms with Crippen LogP contribution >= 0.6 is 0 Å². The molecule has 1 aliphatic rings. The number of nitrogens with zero attached hydrogens (tertiary/aromatic N) is 2. The quantitative estimate of drug-likeness (QED) is 0.805. The van der Waals surface area contributed by atoms with Gasteiger partial charge in [-0.15, -0.1) is 0 Å². The van der Waals surface area contributed by atoms with Gasteiger partial charge in [0.15, 0.2) is 0 Å². The Kier molecular flexibility index (Phi) is 5.53. The first kappa shape index (κ1) is 16.5. The molecule has 0 spiro atoms. The summed E-state index contributed by atoms with van der Waals surface area (Å²) in [5.74, 6) is -2.17. The second-order valence-electron chi connectivity index (χ2n) is 5.77. The van der Waals surface area contributed by atoms with Crippen molar-refractivity contribution < 1.29 is 19.5 Å². The van der Waals surface area contributed by atoms with Crippen molar-refractivity contribution in [3.8, 4) is 0 Å². The van der Waals surface area contributed by atoms with Gasteiger partial charge in [-0.05, 0) is 25.7 Å². The Labute approximate surface area is 119 Å². The van der Waals surface area contributed by atoms with Crippen molar-refractivity contribution in [1.29, 1.82) is 0 Å². The zero-order valence-electron chi connectivity index (χ0n) is 12.6. The Balaban J connectivity index is 2.79. The monoisotopic (exact) mass is 284 g/mol. The Morgan fingerprint density at radius 3 is 2.15 bits per heavy atom. The number of aliphatic carboxylic acids is 1. The van der Waals surface area contributed by atoms with Crippen molar-refractivity contribution in [3.05, 3.63) is 0 Å². The standard InChI is InChI=1S/C14H24N2O4/c1-5-16(8-12(17)15(3)4)13(18)10-6-9(2)7-11(10)14(19)20/h9-11H,5-8H2,1-4H3,(H,19,20). The topological polar surface area (TPSA) is 77.9 Å². The van der Waals surface area contributed by atoms with Crippen LogP contribution in [0, 0.1) is 17.8 Å². The van der Waals surface area contributed by atoms with Crippen LogP contribution in [-0.4, -0.2) is 59.9 Å². The Morgan fingerprint density at radius 1 is 1.15 bits per heavy atom. The molecule has 1 aliphatic carbocycles. The molecule has 2 amide bonds. The van der Waals surface area contributed by atoms with E-state index in [9.17, 15) is 19.5 Å². The predicted octanol–water partition coefficient (Wildman–Crippen LogP) is 0.670. The molecular formula is C14H24N2O4. The van der Waals surface area contributed by atoms with Crippen molar-refractivity contribution >= 4 is 17.8 Å². The highest BCUT2D eigenvalue weighted by Crippen LogP contribution is 2.37. The number of likely N-dealkylation sites (N-methyl/N-ethyl adjacent to an activating group) is 2. The van der Waals surface area contributed by atoms with Crippen LogP contribution in [0.4, 0.5) is 0 Å². The second-order valence-corrected chi connectivity index (χ2v) is 5.77. The van der Waals surface area contributed by atoms with Gasteiger partial charge in [0.25, 0.3) is 0 Å². The first-order valence-corrected chi connectivity index (χ1v) is 6.99. The van der Waals surface area contributed by atoms with Crippen LogP contribution in [0.15, 0.2) is 0 Å². The molecule has 6 heteroatoms. The van der Waals surface area contributed by atoms with E-state index in [1.54, 1.807) is 21.0 Å². The molecule has 0 heterocycles. The van der Waals surface area contributed by atoms with Gasteiger partial charge in [0.2, 0.25) is 11.8 Å². The molecule has 0 bridgehead atoms. The van der Waals surface area contributed by atoms with E-state index in [0.717, 1.165) is 0 Å². The highest BCUT2D eigenvalue weighted by Gasteiger charge is 2.42. The molecule has 0 aromatic rings. The third kappa shape index (κ3) is 3.71. The van der Waals surface area contributed by atoms with E-state index >= 15 is 0 Å². The first-order valence-electron chi connectivity index (χ1n) is 6.99. The Bertz CT molecular complexity index is 395. The fourth-order valence-electron chi connectivity index (χ4n) is 2.72. The maximum absolute atomic E-state index is 12.5. The van der Waals surface area contributed by atoms with Gasteiger partial charge >= 0.3 is 5.97 Å². The Hall–Kier alpha value is -1.59. The largest absolute Gasteiger partial charge is 0.481 e. The zero-order chi connectivity index (χ0) is 15.4. The van der Waals surface area contributed by atoms with E-state index in [4.69, 9.17) is 0 Å². The van der Waals surface area contributed by atoms with Crippen LogP contribution in [0.1, 0.15) is 26.7 Å². The number of amides is 2. The third-order valence-electron chi connectivity index (χ3n) is 3.95. The van der Waals surface area contributed by atoms with Gasteiger partial charge < -0.3 is 14.9 Å². The number of hydrogen-bond acceptors (Lipinski definition) is 3. The molecule has 1 N–H and O–H groups in total. The highest BCUT2D eigenvalue weighted by molar-refractivity contribution is 5.88. The minimum Gasteiger partial charge on any atom is -0.481 e. The van der Waals surface area contributed by atoms with Crippen LogP contribution in [0.25, 0.3) is 0 Å². The zero-order valence-corrected chi connectivity index (χ0v) is 12.6. The minimum absolute atomic E-state index is 0.0134. The van der Waals surface area contributed by atoms with Gasteiger partial charge in [0, 0.05) is 20.6 Å². The summed E-state index contributed by atoms with van der Waals surface area (Å²) in [6.07, 6.45) is 1.12. The fourth-order valence-corrected chi connectivity index (χ4v) is 2.72. The lowest BCUT2D eigenvalue weighted by Crippen LogP contribution is -2.44. The number of carbonyl (C=O) groups excluding carboxylic acids is 2. The summed E-state index contributed by atoms with van der Waals surface area (Å²) in [4.78, 5) is 38.4. The molecular weight excluding hydrogens is 260 g/mol. The van der Waals surface area contributed by atoms with Crippen LogP contribution in [-0.2, 0) is 14.4 Å². The highest BCUT2D eigenvalue weighted by atomic mass is 16.4. The van der Waals surface area contributed by atoms with Crippen LogP contribution in [0.2, 0.25) is 0 Å². The van der Waals surface area contributed by atoms with Crippen LogP contribution < -0.4 is 0 Å². The SMILES string of the molecule is CCN(CC(=O)N(C)C)C(=O)C1CC(C)CC1C(=O)O. The molecule has 3 unspecified atom stereocenters. The van der Waals surface area contributed by atoms with Gasteiger partial charge in [-0.2, -0.15) is 0 Å². The van der Waals surface area contributed by atoms with E-state index in [1.165, 1.54) is 9.80 Å². The van der Waals surface area contributed by atoms with E-state index < -0.39 is 17.8 Å². The summed E-state index contributed by atoms with van der Waals surface area (Å²) in [5.41, 5.74) is 0. The molecule has 0 aromatic heterocycles. The first-order chi connectivity index (χ1) is 9.27. The maximum atomic E-state index is 12.5. The number of carboxylic acid groups (broad SMARTS) is 1. The molecule has 0 radical (unpaired) electrons. The van der Waals surface area contributed by atoms with Gasteiger partial charge in [0.1, 0.15) is 0 Å². The van der Waals surface area contributed by atoms with Gasteiger partial charge in [-0.1, -0.05) is 6.92 Å². The predicted molar refractivity (Wildman–Crippen MR) is 74.0 cm³/mol. The molecule has 1 fully saturated rings. The summed E-state index contributed by atoms with van der Waals surface area (Å²) in [5, 5.41) is 9.23. The van der Waals surface area contributed by atoms with Crippen molar-refractivity contribution in [2.45, 2.75) is 26.7 Å². The molecule has 3 atom stereocenters.